The SMILES string of the molecule is COc1c(C)c2c(c(OCC[Si](C)(C)C)c1/C=C/C(C)C=O)C(=O)OC2. The van der Waals surface area contributed by atoms with Crippen molar-refractivity contribution in [1.82, 2.24) is 0 Å². The summed E-state index contributed by atoms with van der Waals surface area (Å²) in [6.07, 6.45) is 4.45. The van der Waals surface area contributed by atoms with Crippen LogP contribution >= 0.6 is 0 Å². The number of esters is 1. The minimum atomic E-state index is -1.28. The number of carbonyl (C=O) groups is 2. The van der Waals surface area contributed by atoms with Crippen LogP contribution in [0.2, 0.25) is 25.7 Å². The van der Waals surface area contributed by atoms with Crippen LogP contribution in [0.4, 0.5) is 0 Å². The minimum absolute atomic E-state index is 0.232. The Bertz CT molecular complexity index is 731. The zero-order valence-electron chi connectivity index (χ0n) is 16.5. The maximum absolute atomic E-state index is 12.3. The van der Waals surface area contributed by atoms with Gasteiger partial charge in [-0.1, -0.05) is 38.7 Å². The van der Waals surface area contributed by atoms with Crippen molar-refractivity contribution in [2.75, 3.05) is 13.7 Å². The van der Waals surface area contributed by atoms with Crippen molar-refractivity contribution in [2.45, 2.75) is 46.1 Å². The number of ether oxygens (including phenoxy) is 3. The molecule has 1 heterocycles. The van der Waals surface area contributed by atoms with Crippen molar-refractivity contribution < 1.29 is 23.8 Å². The second kappa shape index (κ2) is 8.08. The van der Waals surface area contributed by atoms with E-state index in [9.17, 15) is 9.59 Å². The lowest BCUT2D eigenvalue weighted by Crippen LogP contribution is -2.23. The average Bonchev–Trinajstić information content (AvgIpc) is 2.96. The summed E-state index contributed by atoms with van der Waals surface area (Å²) in [5, 5.41) is 0. The van der Waals surface area contributed by atoms with Crippen molar-refractivity contribution in [1.29, 1.82) is 0 Å². The Kier molecular flexibility index (Phi) is 6.29. The molecule has 1 unspecified atom stereocenters. The largest absolute Gasteiger partial charge is 0.496 e. The van der Waals surface area contributed by atoms with Crippen molar-refractivity contribution in [2.24, 2.45) is 5.92 Å². The molecule has 1 aliphatic rings. The Labute approximate surface area is 156 Å². The quantitative estimate of drug-likeness (QED) is 0.386. The van der Waals surface area contributed by atoms with Crippen LogP contribution in [0.3, 0.4) is 0 Å². The molecule has 0 aliphatic carbocycles. The molecule has 0 saturated carbocycles. The average molecular weight is 377 g/mol. The molecule has 6 heteroatoms. The molecule has 1 aromatic rings. The lowest BCUT2D eigenvalue weighted by molar-refractivity contribution is -0.109. The van der Waals surface area contributed by atoms with Crippen molar-refractivity contribution in [3.63, 3.8) is 0 Å². The first-order chi connectivity index (χ1) is 12.2. The summed E-state index contributed by atoms with van der Waals surface area (Å²) >= 11 is 0. The summed E-state index contributed by atoms with van der Waals surface area (Å²) in [7, 11) is 0.313. The van der Waals surface area contributed by atoms with Crippen LogP contribution in [-0.4, -0.2) is 34.0 Å². The van der Waals surface area contributed by atoms with Crippen molar-refractivity contribution >= 4 is 26.4 Å². The van der Waals surface area contributed by atoms with Gasteiger partial charge in [-0.15, -0.1) is 0 Å². The Morgan fingerprint density at radius 1 is 1.27 bits per heavy atom. The summed E-state index contributed by atoms with van der Waals surface area (Å²) in [6.45, 7) is 11.3. The molecule has 0 bridgehead atoms. The minimum Gasteiger partial charge on any atom is -0.496 e. The summed E-state index contributed by atoms with van der Waals surface area (Å²) in [5.41, 5.74) is 2.85. The number of methoxy groups -OCH3 is 1. The van der Waals surface area contributed by atoms with E-state index in [4.69, 9.17) is 14.2 Å². The first-order valence-electron chi connectivity index (χ1n) is 8.86. The third kappa shape index (κ3) is 4.36. The Morgan fingerprint density at radius 2 is 1.96 bits per heavy atom. The van der Waals surface area contributed by atoms with Gasteiger partial charge >= 0.3 is 5.97 Å². The highest BCUT2D eigenvalue weighted by molar-refractivity contribution is 6.76. The molecule has 142 valence electrons. The van der Waals surface area contributed by atoms with Gasteiger partial charge in [0.2, 0.25) is 0 Å². The Morgan fingerprint density at radius 3 is 2.54 bits per heavy atom. The second-order valence-corrected chi connectivity index (χ2v) is 13.5. The number of allylic oxidation sites excluding steroid dienone is 1. The van der Waals surface area contributed by atoms with Gasteiger partial charge in [-0.2, -0.15) is 0 Å². The van der Waals surface area contributed by atoms with E-state index in [0.717, 1.165) is 23.5 Å². The monoisotopic (exact) mass is 376 g/mol. The smallest absolute Gasteiger partial charge is 0.342 e. The fourth-order valence-electron chi connectivity index (χ4n) is 2.82. The summed E-state index contributed by atoms with van der Waals surface area (Å²) in [5.74, 6) is 0.541. The molecule has 1 aromatic carbocycles. The van der Waals surface area contributed by atoms with Crippen LogP contribution in [-0.2, 0) is 16.1 Å². The standard InChI is InChI=1S/C20H28O5Si/c1-13(11-21)7-8-15-18(23-3)14(2)16-12-25-20(22)17(16)19(15)24-9-10-26(4,5)6/h7-8,11,13H,9-10,12H2,1-6H3/b8-7+. The van der Waals surface area contributed by atoms with Crippen LogP contribution in [0, 0.1) is 12.8 Å². The van der Waals surface area contributed by atoms with E-state index in [2.05, 4.69) is 19.6 Å². The number of aldehydes is 1. The molecule has 0 fully saturated rings. The van der Waals surface area contributed by atoms with E-state index in [-0.39, 0.29) is 18.5 Å². The van der Waals surface area contributed by atoms with Crippen LogP contribution in [0.1, 0.15) is 34.0 Å². The van der Waals surface area contributed by atoms with Gasteiger partial charge in [-0.25, -0.2) is 4.79 Å². The third-order valence-electron chi connectivity index (χ3n) is 4.45. The summed E-state index contributed by atoms with van der Waals surface area (Å²) in [6, 6.07) is 0.973. The van der Waals surface area contributed by atoms with E-state index in [1.54, 1.807) is 26.2 Å². The predicted octanol–water partition coefficient (Wildman–Crippen LogP) is 4.24. The fourth-order valence-corrected chi connectivity index (χ4v) is 3.54. The molecule has 0 N–H and O–H groups in total. The van der Waals surface area contributed by atoms with Gasteiger partial charge in [-0.3, -0.25) is 0 Å². The highest BCUT2D eigenvalue weighted by Crippen LogP contribution is 2.43. The maximum atomic E-state index is 12.3. The first-order valence-corrected chi connectivity index (χ1v) is 12.6. The topological polar surface area (TPSA) is 61.8 Å². The normalized spacial score (nSPS) is 14.9. The lowest BCUT2D eigenvalue weighted by Gasteiger charge is -2.20. The van der Waals surface area contributed by atoms with Gasteiger partial charge < -0.3 is 19.0 Å². The van der Waals surface area contributed by atoms with Gasteiger partial charge in [0.15, 0.2) is 0 Å². The molecule has 0 spiro atoms. The van der Waals surface area contributed by atoms with E-state index in [0.29, 0.717) is 29.2 Å². The Balaban J connectivity index is 2.56. The molecular formula is C20H28O5Si. The van der Waals surface area contributed by atoms with Gasteiger partial charge in [0, 0.05) is 19.6 Å². The lowest BCUT2D eigenvalue weighted by atomic mass is 9.96. The molecule has 2 rings (SSSR count). The van der Waals surface area contributed by atoms with E-state index < -0.39 is 8.07 Å². The predicted molar refractivity (Wildman–Crippen MR) is 105 cm³/mol. The molecule has 0 radical (unpaired) electrons. The number of hydrogen-bond donors (Lipinski definition) is 0. The van der Waals surface area contributed by atoms with E-state index in [1.807, 2.05) is 6.92 Å². The molecule has 0 aromatic heterocycles. The fraction of sp³-hybridized carbons (Fsp3) is 0.500. The molecule has 1 atom stereocenters. The molecule has 0 saturated heterocycles. The number of hydrogen-bond acceptors (Lipinski definition) is 5. The number of benzene rings is 1. The van der Waals surface area contributed by atoms with Gasteiger partial charge in [0.1, 0.15) is 30.0 Å². The number of fused-ring (bicyclic) bond motifs is 1. The van der Waals surface area contributed by atoms with Crippen molar-refractivity contribution in [3.05, 3.63) is 28.3 Å². The summed E-state index contributed by atoms with van der Waals surface area (Å²) < 4.78 is 17.0. The first kappa shape index (κ1) is 20.2. The second-order valence-electron chi connectivity index (χ2n) is 7.84. The van der Waals surface area contributed by atoms with Gasteiger partial charge in [-0.05, 0) is 18.5 Å². The third-order valence-corrected chi connectivity index (χ3v) is 6.15. The molecular weight excluding hydrogens is 348 g/mol. The zero-order chi connectivity index (χ0) is 19.5. The van der Waals surface area contributed by atoms with Crippen LogP contribution in [0.15, 0.2) is 6.08 Å². The van der Waals surface area contributed by atoms with E-state index in [1.165, 1.54) is 0 Å². The van der Waals surface area contributed by atoms with Gasteiger partial charge in [0.05, 0.1) is 19.3 Å². The van der Waals surface area contributed by atoms with Crippen LogP contribution in [0.5, 0.6) is 11.5 Å². The molecule has 1 aliphatic heterocycles. The van der Waals surface area contributed by atoms with Crippen LogP contribution < -0.4 is 9.47 Å². The number of cyclic esters (lactones) is 1. The number of rotatable bonds is 8. The highest BCUT2D eigenvalue weighted by Gasteiger charge is 2.33. The summed E-state index contributed by atoms with van der Waals surface area (Å²) in [4.78, 5) is 23.3. The Hall–Kier alpha value is -2.08. The molecule has 0 amide bonds. The maximum Gasteiger partial charge on any atom is 0.342 e. The van der Waals surface area contributed by atoms with E-state index >= 15 is 0 Å². The van der Waals surface area contributed by atoms with Crippen LogP contribution in [0.25, 0.3) is 6.08 Å². The highest BCUT2D eigenvalue weighted by atomic mass is 28.3. The molecule has 5 nitrogen and oxygen atoms in total. The van der Waals surface area contributed by atoms with Gasteiger partial charge in [0.25, 0.3) is 0 Å². The number of carbonyl (C=O) groups excluding carboxylic acids is 2. The molecule has 26 heavy (non-hydrogen) atoms. The van der Waals surface area contributed by atoms with Crippen molar-refractivity contribution in [3.8, 4) is 11.5 Å². The zero-order valence-corrected chi connectivity index (χ0v) is 17.5.